The van der Waals surface area contributed by atoms with Gasteiger partial charge in [0, 0.05) is 11.3 Å². The van der Waals surface area contributed by atoms with Gasteiger partial charge < -0.3 is 10.7 Å². The standard InChI is InChI=1S/C14H11N3O2/c15-10-6-7-11-12(8-10)17(14(19)16-11)13(18)9-4-2-1-3-5-9/h1-8H,15H2,(H,16,19). The van der Waals surface area contributed by atoms with Crippen molar-refractivity contribution in [3.8, 4) is 0 Å². The maximum atomic E-state index is 12.4. The number of nitrogen functional groups attached to an aromatic ring is 1. The summed E-state index contributed by atoms with van der Waals surface area (Å²) in [6.45, 7) is 0. The summed E-state index contributed by atoms with van der Waals surface area (Å²) < 4.78 is 1.10. The number of nitrogens with two attached hydrogens (primary N) is 1. The first-order chi connectivity index (χ1) is 9.16. The number of anilines is 1. The van der Waals surface area contributed by atoms with Gasteiger partial charge in [-0.05, 0) is 30.3 Å². The van der Waals surface area contributed by atoms with Crippen molar-refractivity contribution < 1.29 is 4.79 Å². The smallest absolute Gasteiger partial charge is 0.333 e. The molecule has 0 aliphatic carbocycles. The summed E-state index contributed by atoms with van der Waals surface area (Å²) in [4.78, 5) is 26.9. The Balaban J connectivity index is 2.25. The molecule has 0 atom stereocenters. The van der Waals surface area contributed by atoms with E-state index in [2.05, 4.69) is 4.98 Å². The first kappa shape index (κ1) is 11.3. The van der Waals surface area contributed by atoms with Crippen LogP contribution in [0.25, 0.3) is 11.0 Å². The molecule has 0 saturated heterocycles. The number of hydrogen-bond acceptors (Lipinski definition) is 3. The second-order valence-corrected chi connectivity index (χ2v) is 4.21. The van der Waals surface area contributed by atoms with E-state index < -0.39 is 5.69 Å². The number of H-pyrrole nitrogens is 1. The van der Waals surface area contributed by atoms with E-state index in [0.717, 1.165) is 4.57 Å². The average molecular weight is 253 g/mol. The molecule has 0 radical (unpaired) electrons. The third-order valence-electron chi connectivity index (χ3n) is 2.93. The zero-order chi connectivity index (χ0) is 13.4. The molecule has 94 valence electrons. The Kier molecular flexibility index (Phi) is 2.45. The largest absolute Gasteiger partial charge is 0.399 e. The van der Waals surface area contributed by atoms with Crippen LogP contribution in [0.1, 0.15) is 10.4 Å². The minimum atomic E-state index is -0.463. The van der Waals surface area contributed by atoms with Gasteiger partial charge in [0.25, 0.3) is 5.91 Å². The maximum absolute atomic E-state index is 12.4. The molecule has 1 heterocycles. The third kappa shape index (κ3) is 1.81. The van der Waals surface area contributed by atoms with Crippen molar-refractivity contribution in [1.82, 2.24) is 9.55 Å². The van der Waals surface area contributed by atoms with Crippen molar-refractivity contribution in [3.05, 3.63) is 64.6 Å². The van der Waals surface area contributed by atoms with Crippen molar-refractivity contribution in [2.75, 3.05) is 5.73 Å². The zero-order valence-corrected chi connectivity index (χ0v) is 9.96. The Labute approximate surface area is 108 Å². The van der Waals surface area contributed by atoms with Crippen molar-refractivity contribution in [2.45, 2.75) is 0 Å². The lowest BCUT2D eigenvalue weighted by Crippen LogP contribution is -2.24. The van der Waals surface area contributed by atoms with Crippen LogP contribution in [0.4, 0.5) is 5.69 Å². The summed E-state index contributed by atoms with van der Waals surface area (Å²) in [5, 5.41) is 0. The van der Waals surface area contributed by atoms with Gasteiger partial charge in [-0.2, -0.15) is 0 Å². The topological polar surface area (TPSA) is 80.9 Å². The van der Waals surface area contributed by atoms with Gasteiger partial charge in [0.1, 0.15) is 0 Å². The van der Waals surface area contributed by atoms with Gasteiger partial charge in [0.2, 0.25) is 0 Å². The highest BCUT2D eigenvalue weighted by Crippen LogP contribution is 2.15. The fourth-order valence-electron chi connectivity index (χ4n) is 2.03. The quantitative estimate of drug-likeness (QED) is 0.646. The number of hydrogen-bond donors (Lipinski definition) is 2. The minimum absolute atomic E-state index is 0.373. The number of nitrogens with one attached hydrogen (secondary N) is 1. The number of rotatable bonds is 1. The SMILES string of the molecule is Nc1ccc2[nH]c(=O)n(C(=O)c3ccccc3)c2c1. The Morgan fingerprint density at radius 2 is 1.84 bits per heavy atom. The van der Waals surface area contributed by atoms with E-state index in [-0.39, 0.29) is 5.91 Å². The molecule has 0 saturated carbocycles. The average Bonchev–Trinajstić information content (AvgIpc) is 2.74. The van der Waals surface area contributed by atoms with Crippen LogP contribution in [0, 0.1) is 0 Å². The van der Waals surface area contributed by atoms with Gasteiger partial charge in [-0.25, -0.2) is 9.36 Å². The molecule has 3 rings (SSSR count). The predicted molar refractivity (Wildman–Crippen MR) is 73.1 cm³/mol. The van der Waals surface area contributed by atoms with E-state index in [1.807, 2.05) is 6.07 Å². The van der Waals surface area contributed by atoms with E-state index >= 15 is 0 Å². The highest BCUT2D eigenvalue weighted by Gasteiger charge is 2.15. The molecule has 0 amide bonds. The normalized spacial score (nSPS) is 10.7. The van der Waals surface area contributed by atoms with Crippen LogP contribution in [-0.4, -0.2) is 15.5 Å². The van der Waals surface area contributed by atoms with Gasteiger partial charge in [-0.3, -0.25) is 4.79 Å². The lowest BCUT2D eigenvalue weighted by atomic mass is 10.2. The summed E-state index contributed by atoms with van der Waals surface area (Å²) in [5.41, 5.74) is 7.26. The molecule has 3 N–H and O–H groups in total. The molecule has 0 bridgehead atoms. The summed E-state index contributed by atoms with van der Waals surface area (Å²) in [6.07, 6.45) is 0. The van der Waals surface area contributed by atoms with Crippen LogP contribution >= 0.6 is 0 Å². The Morgan fingerprint density at radius 3 is 2.58 bits per heavy atom. The highest BCUT2D eigenvalue weighted by atomic mass is 16.2. The van der Waals surface area contributed by atoms with Crippen molar-refractivity contribution in [2.24, 2.45) is 0 Å². The van der Waals surface area contributed by atoms with Crippen LogP contribution in [0.15, 0.2) is 53.3 Å². The molecule has 0 aliphatic rings. The number of benzene rings is 2. The van der Waals surface area contributed by atoms with Crippen LogP contribution in [0.2, 0.25) is 0 Å². The molecule has 0 spiro atoms. The number of aromatic nitrogens is 2. The van der Waals surface area contributed by atoms with Gasteiger partial charge in [-0.15, -0.1) is 0 Å². The monoisotopic (exact) mass is 253 g/mol. The number of carbonyl (C=O) groups is 1. The van der Waals surface area contributed by atoms with Crippen molar-refractivity contribution in [1.29, 1.82) is 0 Å². The highest BCUT2D eigenvalue weighted by molar-refractivity contribution is 6.01. The first-order valence-electron chi connectivity index (χ1n) is 5.77. The molecular formula is C14H11N3O2. The molecular weight excluding hydrogens is 242 g/mol. The van der Waals surface area contributed by atoms with Crippen molar-refractivity contribution >= 4 is 22.6 Å². The Hall–Kier alpha value is -2.82. The predicted octanol–water partition coefficient (Wildman–Crippen LogP) is 1.60. The third-order valence-corrected chi connectivity index (χ3v) is 2.93. The minimum Gasteiger partial charge on any atom is -0.399 e. The second-order valence-electron chi connectivity index (χ2n) is 4.21. The summed E-state index contributed by atoms with van der Waals surface area (Å²) in [5.74, 6) is -0.373. The van der Waals surface area contributed by atoms with E-state index in [0.29, 0.717) is 22.3 Å². The van der Waals surface area contributed by atoms with Gasteiger partial charge >= 0.3 is 5.69 Å². The van der Waals surface area contributed by atoms with E-state index in [4.69, 9.17) is 5.73 Å². The lowest BCUT2D eigenvalue weighted by Gasteiger charge is -2.02. The summed E-state index contributed by atoms with van der Waals surface area (Å²) in [7, 11) is 0. The molecule has 5 heteroatoms. The Morgan fingerprint density at radius 1 is 1.11 bits per heavy atom. The van der Waals surface area contributed by atoms with Crippen LogP contribution < -0.4 is 11.4 Å². The van der Waals surface area contributed by atoms with Crippen LogP contribution in [-0.2, 0) is 0 Å². The van der Waals surface area contributed by atoms with E-state index in [9.17, 15) is 9.59 Å². The Bertz CT molecular complexity index is 816. The number of nitrogens with zero attached hydrogens (tertiary/aromatic N) is 1. The van der Waals surface area contributed by atoms with Gasteiger partial charge in [-0.1, -0.05) is 18.2 Å². The fourth-order valence-corrected chi connectivity index (χ4v) is 2.03. The second kappa shape index (κ2) is 4.13. The van der Waals surface area contributed by atoms with E-state index in [1.165, 1.54) is 0 Å². The van der Waals surface area contributed by atoms with Crippen LogP contribution in [0.3, 0.4) is 0 Å². The fraction of sp³-hybridized carbons (Fsp3) is 0. The van der Waals surface area contributed by atoms with Crippen LogP contribution in [0.5, 0.6) is 0 Å². The van der Waals surface area contributed by atoms with Gasteiger partial charge in [0.15, 0.2) is 0 Å². The molecule has 0 aliphatic heterocycles. The van der Waals surface area contributed by atoms with Crippen molar-refractivity contribution in [3.63, 3.8) is 0 Å². The number of aromatic amines is 1. The molecule has 19 heavy (non-hydrogen) atoms. The number of carbonyl (C=O) groups excluding carboxylic acids is 1. The zero-order valence-electron chi connectivity index (χ0n) is 9.96. The molecule has 5 nitrogen and oxygen atoms in total. The molecule has 1 aromatic heterocycles. The maximum Gasteiger partial charge on any atom is 0.333 e. The molecule has 2 aromatic carbocycles. The summed E-state index contributed by atoms with van der Waals surface area (Å²) >= 11 is 0. The first-order valence-corrected chi connectivity index (χ1v) is 5.77. The molecule has 3 aromatic rings. The molecule has 0 fully saturated rings. The lowest BCUT2D eigenvalue weighted by molar-refractivity contribution is 0.0961. The summed E-state index contributed by atoms with van der Waals surface area (Å²) in [6, 6.07) is 13.6. The number of imidazole rings is 1. The number of fused-ring (bicyclic) bond motifs is 1. The van der Waals surface area contributed by atoms with Gasteiger partial charge in [0.05, 0.1) is 11.0 Å². The molecule has 0 unspecified atom stereocenters. The van der Waals surface area contributed by atoms with E-state index in [1.54, 1.807) is 42.5 Å².